The molecule has 1 aromatic carbocycles. The van der Waals surface area contributed by atoms with Crippen LogP contribution in [0.4, 0.5) is 0 Å². The SMILES string of the molecule is CN(C)CCCNCC(Cl)c1ccccc1. The van der Waals surface area contributed by atoms with Crippen LogP contribution in [0, 0.1) is 0 Å². The number of halogens is 1. The van der Waals surface area contributed by atoms with E-state index in [2.05, 4.69) is 36.4 Å². The Hall–Kier alpha value is -0.570. The van der Waals surface area contributed by atoms with Crippen LogP contribution < -0.4 is 5.32 Å². The fourth-order valence-electron chi connectivity index (χ4n) is 1.53. The summed E-state index contributed by atoms with van der Waals surface area (Å²) in [5.74, 6) is 0. The fourth-order valence-corrected chi connectivity index (χ4v) is 1.78. The first kappa shape index (κ1) is 13.5. The minimum Gasteiger partial charge on any atom is -0.315 e. The molecule has 0 amide bonds. The van der Waals surface area contributed by atoms with E-state index in [9.17, 15) is 0 Å². The Morgan fingerprint density at radius 2 is 1.94 bits per heavy atom. The maximum atomic E-state index is 6.27. The minimum absolute atomic E-state index is 0.0700. The summed E-state index contributed by atoms with van der Waals surface area (Å²) >= 11 is 6.27. The van der Waals surface area contributed by atoms with Gasteiger partial charge in [0.05, 0.1) is 5.38 Å². The molecule has 0 radical (unpaired) electrons. The zero-order chi connectivity index (χ0) is 11.8. The van der Waals surface area contributed by atoms with Crippen molar-refractivity contribution in [2.24, 2.45) is 0 Å². The Labute approximate surface area is 104 Å². The van der Waals surface area contributed by atoms with Gasteiger partial charge in [0.15, 0.2) is 0 Å². The van der Waals surface area contributed by atoms with Gasteiger partial charge in [-0.15, -0.1) is 11.6 Å². The van der Waals surface area contributed by atoms with Crippen molar-refractivity contribution in [2.75, 3.05) is 33.7 Å². The third-order valence-electron chi connectivity index (χ3n) is 2.44. The molecule has 1 N–H and O–H groups in total. The van der Waals surface area contributed by atoms with Crippen LogP contribution in [0.25, 0.3) is 0 Å². The predicted octanol–water partition coefficient (Wildman–Crippen LogP) is 2.51. The van der Waals surface area contributed by atoms with Gasteiger partial charge in [0, 0.05) is 6.54 Å². The number of benzene rings is 1. The lowest BCUT2D eigenvalue weighted by atomic mass is 10.1. The van der Waals surface area contributed by atoms with E-state index in [1.807, 2.05) is 18.2 Å². The minimum atomic E-state index is 0.0700. The Balaban J connectivity index is 2.14. The third-order valence-corrected chi connectivity index (χ3v) is 2.85. The molecule has 0 saturated carbocycles. The maximum Gasteiger partial charge on any atom is 0.0709 e. The predicted molar refractivity (Wildman–Crippen MR) is 71.1 cm³/mol. The third kappa shape index (κ3) is 5.50. The molecule has 0 fully saturated rings. The van der Waals surface area contributed by atoms with Crippen molar-refractivity contribution >= 4 is 11.6 Å². The van der Waals surface area contributed by atoms with Gasteiger partial charge in [-0.3, -0.25) is 0 Å². The van der Waals surface area contributed by atoms with Crippen LogP contribution in [0.1, 0.15) is 17.4 Å². The second-order valence-electron chi connectivity index (χ2n) is 4.24. The number of rotatable bonds is 7. The summed E-state index contributed by atoms with van der Waals surface area (Å²) in [5, 5.41) is 3.45. The second-order valence-corrected chi connectivity index (χ2v) is 4.77. The molecule has 0 bridgehead atoms. The lowest BCUT2D eigenvalue weighted by Gasteiger charge is -2.12. The Morgan fingerprint density at radius 3 is 2.56 bits per heavy atom. The molecule has 2 nitrogen and oxygen atoms in total. The van der Waals surface area contributed by atoms with Crippen molar-refractivity contribution in [1.29, 1.82) is 0 Å². The van der Waals surface area contributed by atoms with Crippen LogP contribution in [0.15, 0.2) is 30.3 Å². The maximum absolute atomic E-state index is 6.27. The van der Waals surface area contributed by atoms with Crippen LogP contribution in [-0.2, 0) is 0 Å². The molecule has 1 aromatic rings. The molecule has 0 spiro atoms. The smallest absolute Gasteiger partial charge is 0.0709 e. The van der Waals surface area contributed by atoms with E-state index >= 15 is 0 Å². The number of alkyl halides is 1. The molecule has 0 aromatic heterocycles. The molecule has 0 aliphatic rings. The Bertz CT molecular complexity index is 275. The molecular weight excluding hydrogens is 220 g/mol. The number of nitrogens with zero attached hydrogens (tertiary/aromatic N) is 1. The van der Waals surface area contributed by atoms with Gasteiger partial charge in [0.1, 0.15) is 0 Å². The van der Waals surface area contributed by atoms with Gasteiger partial charge < -0.3 is 10.2 Å². The summed E-state index contributed by atoms with van der Waals surface area (Å²) in [6, 6.07) is 10.2. The van der Waals surface area contributed by atoms with Crippen molar-refractivity contribution in [3.05, 3.63) is 35.9 Å². The first-order valence-electron chi connectivity index (χ1n) is 5.74. The number of hydrogen-bond donors (Lipinski definition) is 1. The highest BCUT2D eigenvalue weighted by molar-refractivity contribution is 6.21. The van der Waals surface area contributed by atoms with Gasteiger partial charge in [-0.1, -0.05) is 30.3 Å². The average Bonchev–Trinajstić information content (AvgIpc) is 2.29. The van der Waals surface area contributed by atoms with E-state index in [0.29, 0.717) is 0 Å². The van der Waals surface area contributed by atoms with Crippen LogP contribution in [0.3, 0.4) is 0 Å². The van der Waals surface area contributed by atoms with E-state index in [-0.39, 0.29) is 5.38 Å². The van der Waals surface area contributed by atoms with Gasteiger partial charge in [-0.05, 0) is 39.2 Å². The average molecular weight is 241 g/mol. The van der Waals surface area contributed by atoms with Crippen molar-refractivity contribution in [3.63, 3.8) is 0 Å². The summed E-state index contributed by atoms with van der Waals surface area (Å²) in [7, 11) is 4.18. The highest BCUT2D eigenvalue weighted by Gasteiger charge is 2.05. The lowest BCUT2D eigenvalue weighted by Crippen LogP contribution is -2.24. The normalized spacial score (nSPS) is 13.0. The molecule has 1 rings (SSSR count). The monoisotopic (exact) mass is 240 g/mol. The van der Waals surface area contributed by atoms with Gasteiger partial charge in [0.2, 0.25) is 0 Å². The molecule has 3 heteroatoms. The topological polar surface area (TPSA) is 15.3 Å². The standard InChI is InChI=1S/C13H21ClN2/c1-16(2)10-6-9-15-11-13(14)12-7-4-3-5-8-12/h3-5,7-8,13,15H,6,9-11H2,1-2H3. The van der Waals surface area contributed by atoms with E-state index in [1.54, 1.807) is 0 Å². The summed E-state index contributed by atoms with van der Waals surface area (Å²) in [6.45, 7) is 2.97. The van der Waals surface area contributed by atoms with Gasteiger partial charge in [0.25, 0.3) is 0 Å². The summed E-state index contributed by atoms with van der Waals surface area (Å²) in [5.41, 5.74) is 1.18. The highest BCUT2D eigenvalue weighted by Crippen LogP contribution is 2.18. The Morgan fingerprint density at radius 1 is 1.25 bits per heavy atom. The summed E-state index contributed by atoms with van der Waals surface area (Å²) in [4.78, 5) is 2.19. The van der Waals surface area contributed by atoms with E-state index < -0.39 is 0 Å². The Kier molecular flexibility index (Phi) is 6.46. The number of hydrogen-bond acceptors (Lipinski definition) is 2. The van der Waals surface area contributed by atoms with E-state index in [0.717, 1.165) is 26.1 Å². The molecule has 0 saturated heterocycles. The fraction of sp³-hybridized carbons (Fsp3) is 0.538. The van der Waals surface area contributed by atoms with Crippen molar-refractivity contribution in [2.45, 2.75) is 11.8 Å². The summed E-state index contributed by atoms with van der Waals surface area (Å²) in [6.07, 6.45) is 1.16. The van der Waals surface area contributed by atoms with Crippen LogP contribution in [-0.4, -0.2) is 38.6 Å². The first-order valence-corrected chi connectivity index (χ1v) is 6.18. The quantitative estimate of drug-likeness (QED) is 0.582. The summed E-state index contributed by atoms with van der Waals surface area (Å²) < 4.78 is 0. The van der Waals surface area contributed by atoms with Crippen LogP contribution >= 0.6 is 11.6 Å². The van der Waals surface area contributed by atoms with Gasteiger partial charge in [-0.25, -0.2) is 0 Å². The van der Waals surface area contributed by atoms with Crippen LogP contribution in [0.5, 0.6) is 0 Å². The zero-order valence-corrected chi connectivity index (χ0v) is 10.9. The zero-order valence-electron chi connectivity index (χ0n) is 10.1. The molecule has 0 aliphatic heterocycles. The van der Waals surface area contributed by atoms with Crippen LogP contribution in [0.2, 0.25) is 0 Å². The first-order chi connectivity index (χ1) is 7.70. The molecule has 90 valence electrons. The molecule has 0 heterocycles. The van der Waals surface area contributed by atoms with Crippen molar-refractivity contribution in [1.82, 2.24) is 10.2 Å². The largest absolute Gasteiger partial charge is 0.315 e. The second kappa shape index (κ2) is 7.66. The molecule has 16 heavy (non-hydrogen) atoms. The van der Waals surface area contributed by atoms with E-state index in [1.165, 1.54) is 5.56 Å². The van der Waals surface area contributed by atoms with Gasteiger partial charge >= 0.3 is 0 Å². The van der Waals surface area contributed by atoms with Crippen molar-refractivity contribution < 1.29 is 0 Å². The molecular formula is C13H21ClN2. The molecule has 1 atom stereocenters. The molecule has 0 aliphatic carbocycles. The van der Waals surface area contributed by atoms with Gasteiger partial charge in [-0.2, -0.15) is 0 Å². The van der Waals surface area contributed by atoms with E-state index in [4.69, 9.17) is 11.6 Å². The molecule has 1 unspecified atom stereocenters. The highest BCUT2D eigenvalue weighted by atomic mass is 35.5. The number of nitrogens with one attached hydrogen (secondary N) is 1. The lowest BCUT2D eigenvalue weighted by molar-refractivity contribution is 0.394. The van der Waals surface area contributed by atoms with Crippen molar-refractivity contribution in [3.8, 4) is 0 Å².